The number of benzene rings is 3. The van der Waals surface area contributed by atoms with Gasteiger partial charge in [-0.3, -0.25) is 4.79 Å². The highest BCUT2D eigenvalue weighted by molar-refractivity contribution is 7.99. The first kappa shape index (κ1) is 21.7. The summed E-state index contributed by atoms with van der Waals surface area (Å²) in [4.78, 5) is 16.0. The van der Waals surface area contributed by atoms with Crippen molar-refractivity contribution in [2.24, 2.45) is 0 Å². The third-order valence-corrected chi connectivity index (χ3v) is 6.09. The molecular weight excluding hydrogens is 418 g/mol. The van der Waals surface area contributed by atoms with E-state index in [0.29, 0.717) is 0 Å². The molecule has 0 saturated carbocycles. The fourth-order valence-corrected chi connectivity index (χ4v) is 4.10. The van der Waals surface area contributed by atoms with Crippen LogP contribution in [0.3, 0.4) is 0 Å². The summed E-state index contributed by atoms with van der Waals surface area (Å²) in [7, 11) is 1.65. The molecule has 1 aromatic heterocycles. The number of aryl methyl sites for hydroxylation is 2. The Morgan fingerprint density at radius 1 is 0.938 bits per heavy atom. The molecule has 4 rings (SSSR count). The van der Waals surface area contributed by atoms with Gasteiger partial charge in [0, 0.05) is 11.3 Å². The number of hydrogen-bond donors (Lipinski definition) is 2. The Morgan fingerprint density at radius 3 is 2.19 bits per heavy atom. The molecule has 0 bridgehead atoms. The molecule has 1 heterocycles. The second-order valence-corrected chi connectivity index (χ2v) is 8.57. The molecule has 32 heavy (non-hydrogen) atoms. The lowest BCUT2D eigenvalue weighted by atomic mass is 10.1. The van der Waals surface area contributed by atoms with Crippen LogP contribution in [-0.2, 0) is 4.79 Å². The van der Waals surface area contributed by atoms with Gasteiger partial charge in [0.1, 0.15) is 17.6 Å². The first-order valence-electron chi connectivity index (χ1n) is 10.4. The second kappa shape index (κ2) is 9.75. The van der Waals surface area contributed by atoms with E-state index < -0.39 is 0 Å². The molecule has 1 amide bonds. The number of hydrogen-bond acceptors (Lipinski definition) is 3. The largest absolute Gasteiger partial charge is 0.497 e. The van der Waals surface area contributed by atoms with Crippen molar-refractivity contribution in [2.75, 3.05) is 18.2 Å². The number of anilines is 1. The summed E-state index contributed by atoms with van der Waals surface area (Å²) in [5.74, 6) is 1.04. The number of imidazole rings is 1. The molecule has 3 aromatic carbocycles. The highest BCUT2D eigenvalue weighted by Gasteiger charge is 2.21. The number of aromatic nitrogens is 2. The van der Waals surface area contributed by atoms with E-state index in [1.807, 2.05) is 55.5 Å². The predicted octanol–water partition coefficient (Wildman–Crippen LogP) is 5.31. The quantitative estimate of drug-likeness (QED) is 0.300. The van der Waals surface area contributed by atoms with Crippen molar-refractivity contribution in [2.45, 2.75) is 19.0 Å². The molecule has 4 aromatic rings. The van der Waals surface area contributed by atoms with Crippen molar-refractivity contribution < 1.29 is 14.1 Å². The van der Waals surface area contributed by atoms with Crippen molar-refractivity contribution in [3.8, 4) is 22.7 Å². The highest BCUT2D eigenvalue weighted by atomic mass is 32.2. The summed E-state index contributed by atoms with van der Waals surface area (Å²) < 4.78 is 7.36. The maximum absolute atomic E-state index is 12.5. The van der Waals surface area contributed by atoms with Gasteiger partial charge in [0.15, 0.2) is 5.69 Å². The van der Waals surface area contributed by atoms with Crippen molar-refractivity contribution >= 4 is 23.4 Å². The molecule has 5 nitrogen and oxygen atoms in total. The van der Waals surface area contributed by atoms with Crippen LogP contribution in [0.5, 0.6) is 5.75 Å². The fraction of sp³-hybridized carbons (Fsp3) is 0.154. The number of rotatable bonds is 7. The Balaban J connectivity index is 1.57. The molecule has 0 atom stereocenters. The third-order valence-electron chi connectivity index (χ3n) is 5.11. The number of ether oxygens (including phenoxy) is 1. The van der Waals surface area contributed by atoms with Crippen LogP contribution in [0.15, 0.2) is 84.1 Å². The van der Waals surface area contributed by atoms with Crippen LogP contribution in [0.2, 0.25) is 0 Å². The van der Waals surface area contributed by atoms with Crippen LogP contribution in [0, 0.1) is 13.8 Å². The van der Waals surface area contributed by atoms with E-state index in [2.05, 4.69) is 52.3 Å². The standard InChI is InChI=1S/C26H25N3O2S/c1-18-4-8-20(9-5-18)24-16-29(22-12-14-23(31-3)15-13-22)26(28-24)32-17-25(30)27-21-10-6-19(2)7-11-21/h4-16H,17H2,1-3H3,(H,27,30)/p+1. The van der Waals surface area contributed by atoms with Crippen molar-refractivity contribution in [1.29, 1.82) is 0 Å². The van der Waals surface area contributed by atoms with Crippen LogP contribution in [0.1, 0.15) is 11.1 Å². The fourth-order valence-electron chi connectivity index (χ4n) is 3.28. The monoisotopic (exact) mass is 444 g/mol. The average molecular weight is 445 g/mol. The number of amides is 1. The van der Waals surface area contributed by atoms with Gasteiger partial charge in [-0.2, -0.15) is 4.57 Å². The zero-order chi connectivity index (χ0) is 22.5. The Kier molecular flexibility index (Phi) is 6.61. The number of H-pyrrole nitrogens is 1. The average Bonchev–Trinajstić information content (AvgIpc) is 3.24. The topological polar surface area (TPSA) is 58.0 Å². The summed E-state index contributed by atoms with van der Waals surface area (Å²) in [5, 5.41) is 3.84. The Hall–Kier alpha value is -3.51. The molecule has 2 N–H and O–H groups in total. The van der Waals surface area contributed by atoms with E-state index >= 15 is 0 Å². The van der Waals surface area contributed by atoms with E-state index in [1.165, 1.54) is 17.3 Å². The molecule has 0 unspecified atom stereocenters. The first-order chi connectivity index (χ1) is 15.5. The minimum Gasteiger partial charge on any atom is -0.497 e. The van der Waals surface area contributed by atoms with Crippen LogP contribution in [0.4, 0.5) is 5.69 Å². The Bertz CT molecular complexity index is 1200. The van der Waals surface area contributed by atoms with Gasteiger partial charge in [-0.05, 0) is 62.0 Å². The minimum absolute atomic E-state index is 0.0494. The molecule has 0 fully saturated rings. The molecule has 162 valence electrons. The van der Waals surface area contributed by atoms with Crippen LogP contribution >= 0.6 is 11.8 Å². The molecule has 0 radical (unpaired) electrons. The van der Waals surface area contributed by atoms with Crippen LogP contribution in [-0.4, -0.2) is 23.8 Å². The highest BCUT2D eigenvalue weighted by Crippen LogP contribution is 2.23. The van der Waals surface area contributed by atoms with E-state index in [0.717, 1.165) is 39.1 Å². The van der Waals surface area contributed by atoms with Gasteiger partial charge in [0.05, 0.1) is 12.9 Å². The van der Waals surface area contributed by atoms with Gasteiger partial charge in [0.2, 0.25) is 5.91 Å². The molecular formula is C26H26N3O2S+. The predicted molar refractivity (Wildman–Crippen MR) is 130 cm³/mol. The zero-order valence-corrected chi connectivity index (χ0v) is 19.2. The van der Waals surface area contributed by atoms with Gasteiger partial charge < -0.3 is 10.1 Å². The van der Waals surface area contributed by atoms with E-state index in [9.17, 15) is 4.79 Å². The Labute approximate surface area is 192 Å². The van der Waals surface area contributed by atoms with E-state index in [4.69, 9.17) is 4.74 Å². The zero-order valence-electron chi connectivity index (χ0n) is 18.4. The Morgan fingerprint density at radius 2 is 1.56 bits per heavy atom. The third kappa shape index (κ3) is 5.21. The summed E-state index contributed by atoms with van der Waals surface area (Å²) in [6.45, 7) is 4.10. The number of carbonyl (C=O) groups is 1. The molecule has 6 heteroatoms. The van der Waals surface area contributed by atoms with E-state index in [1.54, 1.807) is 7.11 Å². The number of nitrogens with zero attached hydrogens (tertiary/aromatic N) is 1. The van der Waals surface area contributed by atoms with Gasteiger partial charge >= 0.3 is 5.16 Å². The minimum atomic E-state index is -0.0494. The van der Waals surface area contributed by atoms with Crippen LogP contribution < -0.4 is 14.6 Å². The number of nitrogens with one attached hydrogen (secondary N) is 2. The second-order valence-electron chi connectivity index (χ2n) is 7.61. The number of thioether (sulfide) groups is 1. The number of methoxy groups -OCH3 is 1. The maximum atomic E-state index is 12.5. The SMILES string of the molecule is COc1ccc(-[n+]2cc(-c3ccc(C)cc3)[nH]c2SCC(=O)Nc2ccc(C)cc2)cc1. The lowest BCUT2D eigenvalue weighted by Gasteiger charge is -2.05. The van der Waals surface area contributed by atoms with Gasteiger partial charge in [-0.25, -0.2) is 4.98 Å². The van der Waals surface area contributed by atoms with Crippen molar-refractivity contribution in [3.05, 3.63) is 90.1 Å². The molecule has 0 aliphatic carbocycles. The van der Waals surface area contributed by atoms with Crippen molar-refractivity contribution in [1.82, 2.24) is 4.98 Å². The van der Waals surface area contributed by atoms with Crippen molar-refractivity contribution in [3.63, 3.8) is 0 Å². The normalized spacial score (nSPS) is 10.7. The van der Waals surface area contributed by atoms with Gasteiger partial charge in [-0.15, -0.1) is 0 Å². The first-order valence-corrected chi connectivity index (χ1v) is 11.4. The number of aromatic amines is 1. The summed E-state index contributed by atoms with van der Waals surface area (Å²) in [6, 6.07) is 24.0. The maximum Gasteiger partial charge on any atom is 0.321 e. The lowest BCUT2D eigenvalue weighted by molar-refractivity contribution is -0.634. The number of carbonyl (C=O) groups excluding carboxylic acids is 1. The molecule has 0 aliphatic heterocycles. The smallest absolute Gasteiger partial charge is 0.321 e. The van der Waals surface area contributed by atoms with Crippen LogP contribution in [0.25, 0.3) is 16.9 Å². The molecule has 0 aliphatic rings. The molecule has 0 saturated heterocycles. The summed E-state index contributed by atoms with van der Waals surface area (Å²) >= 11 is 1.47. The van der Waals surface area contributed by atoms with Gasteiger partial charge in [-0.1, -0.05) is 47.5 Å². The lowest BCUT2D eigenvalue weighted by Crippen LogP contribution is -2.31. The summed E-state index contributed by atoms with van der Waals surface area (Å²) in [5.41, 5.74) is 6.24. The molecule has 0 spiro atoms. The van der Waals surface area contributed by atoms with Gasteiger partial charge in [0.25, 0.3) is 0 Å². The van der Waals surface area contributed by atoms with E-state index in [-0.39, 0.29) is 11.7 Å². The summed E-state index contributed by atoms with van der Waals surface area (Å²) in [6.07, 6.45) is 2.06.